The first-order valence-electron chi connectivity index (χ1n) is 9.13. The number of aromatic nitrogens is 4. The summed E-state index contributed by atoms with van der Waals surface area (Å²) in [6.45, 7) is 1.50. The molecule has 0 fully saturated rings. The maximum Gasteiger partial charge on any atom is 0.274 e. The predicted molar refractivity (Wildman–Crippen MR) is 117 cm³/mol. The molecule has 0 saturated heterocycles. The largest absolute Gasteiger partial charge is 0.321 e. The van der Waals surface area contributed by atoms with E-state index >= 15 is 0 Å². The number of nitrogens with zero attached hydrogens (tertiary/aromatic N) is 4. The molecule has 0 aliphatic heterocycles. The minimum Gasteiger partial charge on any atom is -0.321 e. The number of tetrazole rings is 1. The molecule has 0 bridgehead atoms. The molecular formula is C22H17N5O2S. The van der Waals surface area contributed by atoms with Crippen LogP contribution in [0.5, 0.6) is 0 Å². The number of benzene rings is 2. The average Bonchev–Trinajstić information content (AvgIpc) is 3.45. The fourth-order valence-corrected chi connectivity index (χ4v) is 3.48. The molecule has 148 valence electrons. The van der Waals surface area contributed by atoms with Crippen LogP contribution in [0.15, 0.2) is 72.1 Å². The molecule has 1 amide bonds. The Morgan fingerprint density at radius 1 is 1.00 bits per heavy atom. The van der Waals surface area contributed by atoms with Crippen LogP contribution in [0.4, 0.5) is 5.69 Å². The first kappa shape index (κ1) is 19.4. The summed E-state index contributed by atoms with van der Waals surface area (Å²) in [6, 6.07) is 20.0. The van der Waals surface area contributed by atoms with Gasteiger partial charge in [0.25, 0.3) is 5.91 Å². The lowest BCUT2D eigenvalue weighted by Gasteiger charge is -2.11. The first-order chi connectivity index (χ1) is 14.6. The monoisotopic (exact) mass is 415 g/mol. The normalized spacial score (nSPS) is 11.3. The second kappa shape index (κ2) is 8.62. The lowest BCUT2D eigenvalue weighted by molar-refractivity contribution is -0.111. The molecule has 4 rings (SSSR count). The molecule has 0 spiro atoms. The second-order valence-electron chi connectivity index (χ2n) is 6.41. The number of amides is 1. The van der Waals surface area contributed by atoms with Crippen LogP contribution in [0.3, 0.4) is 0 Å². The van der Waals surface area contributed by atoms with Crippen molar-refractivity contribution in [1.82, 2.24) is 20.2 Å². The number of rotatable bonds is 6. The third-order valence-corrected chi connectivity index (χ3v) is 5.15. The van der Waals surface area contributed by atoms with E-state index in [-0.39, 0.29) is 17.4 Å². The molecule has 2 aromatic heterocycles. The molecule has 1 N–H and O–H groups in total. The highest BCUT2D eigenvalue weighted by Crippen LogP contribution is 2.23. The van der Waals surface area contributed by atoms with Crippen LogP contribution in [-0.4, -0.2) is 31.9 Å². The van der Waals surface area contributed by atoms with Crippen molar-refractivity contribution in [2.75, 3.05) is 5.32 Å². The number of thiophene rings is 1. The highest BCUT2D eigenvalue weighted by Gasteiger charge is 2.19. The van der Waals surface area contributed by atoms with Crippen molar-refractivity contribution >= 4 is 40.5 Å². The van der Waals surface area contributed by atoms with E-state index in [1.807, 2.05) is 47.8 Å². The number of carbonyl (C=O) groups is 2. The Morgan fingerprint density at radius 3 is 2.43 bits per heavy atom. The van der Waals surface area contributed by atoms with Crippen LogP contribution >= 0.6 is 11.3 Å². The molecule has 2 heterocycles. The molecule has 0 radical (unpaired) electrons. The Kier molecular flexibility index (Phi) is 5.58. The zero-order chi connectivity index (χ0) is 20.9. The second-order valence-corrected chi connectivity index (χ2v) is 7.39. The fourth-order valence-electron chi connectivity index (χ4n) is 2.83. The van der Waals surface area contributed by atoms with E-state index in [2.05, 4.69) is 20.8 Å². The van der Waals surface area contributed by atoms with Gasteiger partial charge in [0.2, 0.25) is 0 Å². The number of hydrogen-bond acceptors (Lipinski definition) is 6. The third-order valence-electron chi connectivity index (χ3n) is 4.33. The molecule has 7 nitrogen and oxygen atoms in total. The highest BCUT2D eigenvalue weighted by molar-refractivity contribution is 7.10. The quantitative estimate of drug-likeness (QED) is 0.376. The lowest BCUT2D eigenvalue weighted by atomic mass is 10.1. The van der Waals surface area contributed by atoms with E-state index in [9.17, 15) is 9.59 Å². The summed E-state index contributed by atoms with van der Waals surface area (Å²) in [5.41, 5.74) is 2.21. The molecule has 0 saturated carbocycles. The highest BCUT2D eigenvalue weighted by atomic mass is 32.1. The van der Waals surface area contributed by atoms with Gasteiger partial charge in [0.05, 0.1) is 0 Å². The summed E-state index contributed by atoms with van der Waals surface area (Å²) < 4.78 is 1.42. The van der Waals surface area contributed by atoms with Crippen molar-refractivity contribution in [3.8, 4) is 11.4 Å². The van der Waals surface area contributed by atoms with Crippen LogP contribution in [-0.2, 0) is 4.79 Å². The number of hydrogen-bond donors (Lipinski definition) is 1. The number of anilines is 1. The summed E-state index contributed by atoms with van der Waals surface area (Å²) in [5.74, 6) is 0.0521. The molecule has 0 aliphatic rings. The zero-order valence-corrected chi connectivity index (χ0v) is 16.8. The number of carbonyl (C=O) groups excluding carboxylic acids is 2. The van der Waals surface area contributed by atoms with E-state index in [0.29, 0.717) is 17.1 Å². The Balaban J connectivity index is 1.71. The summed E-state index contributed by atoms with van der Waals surface area (Å²) >= 11 is 1.50. The zero-order valence-electron chi connectivity index (χ0n) is 16.0. The van der Waals surface area contributed by atoms with Gasteiger partial charge in [0.15, 0.2) is 11.6 Å². The van der Waals surface area contributed by atoms with Crippen molar-refractivity contribution in [3.63, 3.8) is 0 Å². The van der Waals surface area contributed by atoms with Crippen LogP contribution in [0.2, 0.25) is 0 Å². The third kappa shape index (κ3) is 4.23. The van der Waals surface area contributed by atoms with E-state index in [1.165, 1.54) is 22.9 Å². The van der Waals surface area contributed by atoms with E-state index in [0.717, 1.165) is 10.4 Å². The van der Waals surface area contributed by atoms with Crippen molar-refractivity contribution in [2.24, 2.45) is 0 Å². The molecule has 0 atom stereocenters. The average molecular weight is 415 g/mol. The molecule has 8 heteroatoms. The van der Waals surface area contributed by atoms with Gasteiger partial charge < -0.3 is 5.32 Å². The molecule has 2 aromatic carbocycles. The van der Waals surface area contributed by atoms with Crippen molar-refractivity contribution < 1.29 is 9.59 Å². The SMILES string of the molecule is CC(=O)c1ccc(NC(=O)/C(=C/c2cccs2)n2nnnc2-c2ccccc2)cc1. The Bertz CT molecular complexity index is 1200. The number of nitrogens with one attached hydrogen (secondary N) is 1. The van der Waals surface area contributed by atoms with Gasteiger partial charge in [-0.1, -0.05) is 36.4 Å². The lowest BCUT2D eigenvalue weighted by Crippen LogP contribution is -2.19. The molecule has 0 aliphatic carbocycles. The van der Waals surface area contributed by atoms with Crippen LogP contribution in [0.1, 0.15) is 22.2 Å². The minimum absolute atomic E-state index is 0.0349. The molecule has 4 aromatic rings. The van der Waals surface area contributed by atoms with Gasteiger partial charge in [0, 0.05) is 21.7 Å². The smallest absolute Gasteiger partial charge is 0.274 e. The molecule has 0 unspecified atom stereocenters. The van der Waals surface area contributed by atoms with Crippen molar-refractivity contribution in [1.29, 1.82) is 0 Å². The fraction of sp³-hybridized carbons (Fsp3) is 0.0455. The molecular weight excluding hydrogens is 398 g/mol. The maximum absolute atomic E-state index is 13.2. The standard InChI is InChI=1S/C22H17N5O2S/c1-15(28)16-9-11-18(12-10-16)23-22(29)20(14-19-8-5-13-30-19)27-21(24-25-26-27)17-6-3-2-4-7-17/h2-14H,1H3,(H,23,29)/b20-14-. The van der Waals surface area contributed by atoms with Crippen molar-refractivity contribution in [2.45, 2.75) is 6.92 Å². The maximum atomic E-state index is 13.2. The van der Waals surface area contributed by atoms with E-state index < -0.39 is 0 Å². The Labute approximate surface area is 176 Å². The Hall–Kier alpha value is -3.91. The number of ketones is 1. The van der Waals surface area contributed by atoms with Gasteiger partial charge >= 0.3 is 0 Å². The number of Topliss-reactive ketones (excluding diaryl/α,β-unsaturated/α-hetero) is 1. The minimum atomic E-state index is -0.372. The summed E-state index contributed by atoms with van der Waals surface area (Å²) in [6.07, 6.45) is 1.74. The van der Waals surface area contributed by atoms with Crippen LogP contribution < -0.4 is 5.32 Å². The molecule has 30 heavy (non-hydrogen) atoms. The predicted octanol–water partition coefficient (Wildman–Crippen LogP) is 4.24. The first-order valence-corrected chi connectivity index (χ1v) is 10.0. The van der Waals surface area contributed by atoms with Gasteiger partial charge in [0.1, 0.15) is 5.70 Å². The van der Waals surface area contributed by atoms with Gasteiger partial charge in [-0.05, 0) is 59.1 Å². The summed E-state index contributed by atoms with van der Waals surface area (Å²) in [5, 5.41) is 16.7. The van der Waals surface area contributed by atoms with E-state index in [4.69, 9.17) is 0 Å². The van der Waals surface area contributed by atoms with Crippen molar-refractivity contribution in [3.05, 3.63) is 82.6 Å². The van der Waals surface area contributed by atoms with Gasteiger partial charge in [-0.2, -0.15) is 4.68 Å². The Morgan fingerprint density at radius 2 is 1.77 bits per heavy atom. The van der Waals surface area contributed by atoms with E-state index in [1.54, 1.807) is 30.3 Å². The van der Waals surface area contributed by atoms with Gasteiger partial charge in [-0.15, -0.1) is 16.4 Å². The summed E-state index contributed by atoms with van der Waals surface area (Å²) in [7, 11) is 0. The van der Waals surface area contributed by atoms with Gasteiger partial charge in [-0.25, -0.2) is 0 Å². The van der Waals surface area contributed by atoms with Gasteiger partial charge in [-0.3, -0.25) is 9.59 Å². The van der Waals surface area contributed by atoms with Crippen LogP contribution in [0.25, 0.3) is 23.2 Å². The summed E-state index contributed by atoms with van der Waals surface area (Å²) in [4.78, 5) is 25.5. The topological polar surface area (TPSA) is 89.8 Å². The van der Waals surface area contributed by atoms with Crippen LogP contribution in [0, 0.1) is 0 Å².